The van der Waals surface area contributed by atoms with Gasteiger partial charge in [0.25, 0.3) is 0 Å². The minimum absolute atomic E-state index is 0.0511. The summed E-state index contributed by atoms with van der Waals surface area (Å²) in [6.07, 6.45) is 0.706. The van der Waals surface area contributed by atoms with Crippen LogP contribution >= 0.6 is 0 Å². The average Bonchev–Trinajstić information content (AvgIpc) is 2.47. The van der Waals surface area contributed by atoms with Crippen molar-refractivity contribution in [2.75, 3.05) is 34.3 Å². The number of nitrogens with zero attached hydrogens (tertiary/aromatic N) is 1. The molecule has 0 spiro atoms. The second-order valence-electron chi connectivity index (χ2n) is 5.48. The van der Waals surface area contributed by atoms with Gasteiger partial charge in [0.05, 0.1) is 13.2 Å². The van der Waals surface area contributed by atoms with Gasteiger partial charge in [0.2, 0.25) is 5.91 Å². The molecule has 0 radical (unpaired) electrons. The van der Waals surface area contributed by atoms with Crippen LogP contribution in [0.1, 0.15) is 24.9 Å². The number of rotatable bonds is 8. The van der Waals surface area contributed by atoms with Gasteiger partial charge < -0.3 is 20.7 Å². The summed E-state index contributed by atoms with van der Waals surface area (Å²) in [7, 11) is 5.65. The second kappa shape index (κ2) is 8.64. The Morgan fingerprint density at radius 3 is 2.71 bits per heavy atom. The zero-order valence-electron chi connectivity index (χ0n) is 13.4. The third-order valence-electron chi connectivity index (χ3n) is 3.62. The van der Waals surface area contributed by atoms with Crippen molar-refractivity contribution in [2.24, 2.45) is 11.7 Å². The number of hydrogen-bond donors (Lipinski definition) is 2. The maximum Gasteiger partial charge on any atom is 0.222 e. The first-order valence-electron chi connectivity index (χ1n) is 7.27. The van der Waals surface area contributed by atoms with E-state index in [4.69, 9.17) is 10.5 Å². The fraction of sp³-hybridized carbons (Fsp3) is 0.562. The first kappa shape index (κ1) is 17.5. The van der Waals surface area contributed by atoms with Crippen molar-refractivity contribution in [2.45, 2.75) is 19.4 Å². The number of carbonyl (C=O) groups is 1. The summed E-state index contributed by atoms with van der Waals surface area (Å²) in [4.78, 5) is 14.1. The Morgan fingerprint density at radius 2 is 2.14 bits per heavy atom. The number of methoxy groups -OCH3 is 1. The highest BCUT2D eigenvalue weighted by Crippen LogP contribution is 2.22. The molecule has 5 heteroatoms. The fourth-order valence-electron chi connectivity index (χ4n) is 2.20. The summed E-state index contributed by atoms with van der Waals surface area (Å²) < 4.78 is 5.26. The van der Waals surface area contributed by atoms with Crippen LogP contribution in [0.4, 0.5) is 0 Å². The molecule has 118 valence electrons. The van der Waals surface area contributed by atoms with E-state index in [2.05, 4.69) is 10.2 Å². The summed E-state index contributed by atoms with van der Waals surface area (Å²) in [5, 5.41) is 3.01. The molecule has 1 amide bonds. The molecule has 1 aromatic rings. The lowest BCUT2D eigenvalue weighted by Gasteiger charge is -2.26. The third-order valence-corrected chi connectivity index (χ3v) is 3.62. The van der Waals surface area contributed by atoms with Crippen molar-refractivity contribution >= 4 is 5.91 Å². The molecule has 5 nitrogen and oxygen atoms in total. The van der Waals surface area contributed by atoms with Crippen molar-refractivity contribution in [1.29, 1.82) is 0 Å². The van der Waals surface area contributed by atoms with Crippen LogP contribution in [0.25, 0.3) is 0 Å². The number of carbonyl (C=O) groups excluding carboxylic acids is 1. The predicted molar refractivity (Wildman–Crippen MR) is 85.3 cm³/mol. The van der Waals surface area contributed by atoms with Crippen LogP contribution in [0, 0.1) is 5.92 Å². The van der Waals surface area contributed by atoms with Gasteiger partial charge in [0, 0.05) is 12.5 Å². The molecule has 0 aliphatic carbocycles. The SMILES string of the molecule is COc1cccc(C(CNC(=O)C(C)CCN)N(C)C)c1. The van der Waals surface area contributed by atoms with Crippen LogP contribution in [0.15, 0.2) is 24.3 Å². The maximum atomic E-state index is 12.0. The van der Waals surface area contributed by atoms with Gasteiger partial charge in [-0.05, 0) is 44.8 Å². The molecule has 0 aliphatic heterocycles. The lowest BCUT2D eigenvalue weighted by atomic mass is 10.0. The monoisotopic (exact) mass is 293 g/mol. The molecule has 2 unspecified atom stereocenters. The molecule has 3 N–H and O–H groups in total. The fourth-order valence-corrected chi connectivity index (χ4v) is 2.20. The van der Waals surface area contributed by atoms with Crippen molar-refractivity contribution in [1.82, 2.24) is 10.2 Å². The van der Waals surface area contributed by atoms with Crippen LogP contribution in [0.3, 0.4) is 0 Å². The van der Waals surface area contributed by atoms with E-state index in [0.717, 1.165) is 11.3 Å². The molecule has 0 saturated carbocycles. The van der Waals surface area contributed by atoms with Gasteiger partial charge in [-0.1, -0.05) is 19.1 Å². The minimum Gasteiger partial charge on any atom is -0.497 e. The van der Waals surface area contributed by atoms with Gasteiger partial charge in [-0.15, -0.1) is 0 Å². The van der Waals surface area contributed by atoms with Gasteiger partial charge in [0.1, 0.15) is 5.75 Å². The molecule has 0 aromatic heterocycles. The molecular formula is C16H27N3O2. The number of hydrogen-bond acceptors (Lipinski definition) is 4. The third kappa shape index (κ3) is 5.36. The largest absolute Gasteiger partial charge is 0.497 e. The Morgan fingerprint density at radius 1 is 1.43 bits per heavy atom. The quantitative estimate of drug-likeness (QED) is 0.760. The minimum atomic E-state index is -0.0527. The molecule has 2 atom stereocenters. The summed E-state index contributed by atoms with van der Waals surface area (Å²) in [5.74, 6) is 0.820. The van der Waals surface area contributed by atoms with E-state index < -0.39 is 0 Å². The van der Waals surface area contributed by atoms with Gasteiger partial charge in [-0.2, -0.15) is 0 Å². The first-order valence-corrected chi connectivity index (χ1v) is 7.27. The number of benzene rings is 1. The lowest BCUT2D eigenvalue weighted by Crippen LogP contribution is -2.37. The van der Waals surface area contributed by atoms with Gasteiger partial charge in [-0.25, -0.2) is 0 Å². The maximum absolute atomic E-state index is 12.0. The Kier molecular flexibility index (Phi) is 7.19. The molecule has 0 bridgehead atoms. The van der Waals surface area contributed by atoms with Gasteiger partial charge >= 0.3 is 0 Å². The molecular weight excluding hydrogens is 266 g/mol. The zero-order valence-corrected chi connectivity index (χ0v) is 13.4. The number of ether oxygens (including phenoxy) is 1. The van der Waals surface area contributed by atoms with Crippen molar-refractivity contribution in [3.63, 3.8) is 0 Å². The Labute approximate surface area is 127 Å². The zero-order chi connectivity index (χ0) is 15.8. The second-order valence-corrected chi connectivity index (χ2v) is 5.48. The van der Waals surface area contributed by atoms with E-state index in [1.807, 2.05) is 45.3 Å². The standard InChI is InChI=1S/C16H27N3O2/c1-12(8-9-17)16(20)18-11-15(19(2)3)13-6-5-7-14(10-13)21-4/h5-7,10,12,15H,8-9,11,17H2,1-4H3,(H,18,20). The number of nitrogens with one attached hydrogen (secondary N) is 1. The summed E-state index contributed by atoms with van der Waals surface area (Å²) >= 11 is 0. The highest BCUT2D eigenvalue weighted by Gasteiger charge is 2.18. The normalized spacial score (nSPS) is 13.8. The number of nitrogens with two attached hydrogens (primary N) is 1. The molecule has 1 rings (SSSR count). The molecule has 0 heterocycles. The first-order chi connectivity index (χ1) is 9.99. The van der Waals surface area contributed by atoms with Crippen LogP contribution in [-0.2, 0) is 4.79 Å². The van der Waals surface area contributed by atoms with Crippen LogP contribution in [0.5, 0.6) is 5.75 Å². The highest BCUT2D eigenvalue weighted by molar-refractivity contribution is 5.78. The molecule has 21 heavy (non-hydrogen) atoms. The van der Waals surface area contributed by atoms with Gasteiger partial charge in [0.15, 0.2) is 0 Å². The molecule has 0 fully saturated rings. The smallest absolute Gasteiger partial charge is 0.222 e. The van der Waals surface area contributed by atoms with Crippen molar-refractivity contribution in [3.05, 3.63) is 29.8 Å². The molecule has 0 aliphatic rings. The lowest BCUT2D eigenvalue weighted by molar-refractivity contribution is -0.124. The Bertz CT molecular complexity index is 449. The Hall–Kier alpha value is -1.59. The Balaban J connectivity index is 2.72. The molecule has 1 aromatic carbocycles. The average molecular weight is 293 g/mol. The summed E-state index contributed by atoms with van der Waals surface area (Å²) in [5.41, 5.74) is 6.61. The van der Waals surface area contributed by atoms with Crippen molar-refractivity contribution < 1.29 is 9.53 Å². The van der Waals surface area contributed by atoms with Crippen LogP contribution in [0.2, 0.25) is 0 Å². The topological polar surface area (TPSA) is 67.6 Å². The number of likely N-dealkylation sites (N-methyl/N-ethyl adjacent to an activating group) is 1. The van der Waals surface area contributed by atoms with E-state index in [9.17, 15) is 4.79 Å². The van der Waals surface area contributed by atoms with E-state index in [1.165, 1.54) is 0 Å². The van der Waals surface area contributed by atoms with Crippen molar-refractivity contribution in [3.8, 4) is 5.75 Å². The van der Waals surface area contributed by atoms with Crippen LogP contribution in [-0.4, -0.2) is 45.1 Å². The number of amides is 1. The summed E-state index contributed by atoms with van der Waals surface area (Å²) in [6.45, 7) is 2.99. The summed E-state index contributed by atoms with van der Waals surface area (Å²) in [6, 6.07) is 8.03. The van der Waals surface area contributed by atoms with E-state index in [0.29, 0.717) is 19.5 Å². The molecule has 0 saturated heterocycles. The van der Waals surface area contributed by atoms with Gasteiger partial charge in [-0.3, -0.25) is 4.79 Å². The van der Waals surface area contributed by atoms with E-state index in [-0.39, 0.29) is 17.9 Å². The van der Waals surface area contributed by atoms with E-state index >= 15 is 0 Å². The highest BCUT2D eigenvalue weighted by atomic mass is 16.5. The van der Waals surface area contributed by atoms with E-state index in [1.54, 1.807) is 7.11 Å². The van der Waals surface area contributed by atoms with Crippen LogP contribution < -0.4 is 15.8 Å². The predicted octanol–water partition coefficient (Wildman–Crippen LogP) is 1.40.